The largest absolute Gasteiger partial charge is 0.375 e. The molecule has 1 amide bonds. The van der Waals surface area contributed by atoms with E-state index < -0.39 is 0 Å². The Balaban J connectivity index is 1.59. The summed E-state index contributed by atoms with van der Waals surface area (Å²) in [6, 6.07) is 21.6. The van der Waals surface area contributed by atoms with E-state index in [0.29, 0.717) is 5.11 Å². The minimum atomic E-state index is -0.203. The molecule has 4 aromatic rings. The Kier molecular flexibility index (Phi) is 7.46. The van der Waals surface area contributed by atoms with Crippen molar-refractivity contribution in [1.82, 2.24) is 14.9 Å². The average Bonchev–Trinajstić information content (AvgIpc) is 3.52. The summed E-state index contributed by atoms with van der Waals surface area (Å²) in [6.07, 6.45) is 3.84. The lowest BCUT2D eigenvalue weighted by Gasteiger charge is -2.29. The molecule has 7 nitrogen and oxygen atoms in total. The van der Waals surface area contributed by atoms with Gasteiger partial charge in [0.1, 0.15) is 12.6 Å². The Labute approximate surface area is 232 Å². The second kappa shape index (κ2) is 10.9. The van der Waals surface area contributed by atoms with Crippen LogP contribution in [0.5, 0.6) is 0 Å². The van der Waals surface area contributed by atoms with E-state index in [1.165, 1.54) is 7.11 Å². The summed E-state index contributed by atoms with van der Waals surface area (Å²) < 4.78 is 7.11. The molecular formula is C29H28ClN5O2S. The van der Waals surface area contributed by atoms with Crippen molar-refractivity contribution in [2.75, 3.05) is 23.9 Å². The fourth-order valence-corrected chi connectivity index (χ4v) is 5.30. The molecule has 0 bridgehead atoms. The van der Waals surface area contributed by atoms with Crippen molar-refractivity contribution < 1.29 is 9.53 Å². The number of halogens is 1. The van der Waals surface area contributed by atoms with Crippen LogP contribution in [0.2, 0.25) is 5.02 Å². The van der Waals surface area contributed by atoms with E-state index in [2.05, 4.69) is 37.2 Å². The van der Waals surface area contributed by atoms with E-state index in [0.717, 1.165) is 44.6 Å². The van der Waals surface area contributed by atoms with Crippen LogP contribution in [0.1, 0.15) is 34.6 Å². The van der Waals surface area contributed by atoms with Crippen molar-refractivity contribution in [3.8, 4) is 5.69 Å². The summed E-state index contributed by atoms with van der Waals surface area (Å²) in [4.78, 5) is 18.9. The molecule has 1 fully saturated rings. The van der Waals surface area contributed by atoms with Crippen LogP contribution in [0.15, 0.2) is 79.1 Å². The van der Waals surface area contributed by atoms with Crippen LogP contribution < -0.4 is 15.5 Å². The second-order valence-electron chi connectivity index (χ2n) is 9.21. The first-order valence-electron chi connectivity index (χ1n) is 12.2. The first kappa shape index (κ1) is 25.9. The zero-order valence-electron chi connectivity index (χ0n) is 21.3. The van der Waals surface area contributed by atoms with Crippen molar-refractivity contribution >= 4 is 46.2 Å². The maximum Gasteiger partial charge on any atom is 0.250 e. The second-order valence-corrected chi connectivity index (χ2v) is 10.0. The molecule has 1 aliphatic heterocycles. The SMILES string of the molecule is COCC(=O)Nc1ccc(N2C(=S)N[C@H](c3ccccn3)[C@@H]2c2cccn2-c2ccc(Cl)c(C)c2)cc1C. The Morgan fingerprint density at radius 1 is 1.08 bits per heavy atom. The fourth-order valence-electron chi connectivity index (χ4n) is 4.84. The van der Waals surface area contributed by atoms with E-state index in [1.807, 2.05) is 74.6 Å². The first-order chi connectivity index (χ1) is 18.4. The number of pyridine rings is 1. The van der Waals surface area contributed by atoms with Crippen LogP contribution in [0.3, 0.4) is 0 Å². The average molecular weight is 546 g/mol. The van der Waals surface area contributed by atoms with Gasteiger partial charge in [-0.05, 0) is 97.9 Å². The molecule has 1 saturated heterocycles. The summed E-state index contributed by atoms with van der Waals surface area (Å²) in [7, 11) is 1.50. The smallest absolute Gasteiger partial charge is 0.250 e. The molecule has 0 aliphatic carbocycles. The molecule has 3 heterocycles. The number of anilines is 2. The van der Waals surface area contributed by atoms with Gasteiger partial charge in [-0.25, -0.2) is 0 Å². The van der Waals surface area contributed by atoms with Crippen molar-refractivity contribution in [3.63, 3.8) is 0 Å². The number of amides is 1. The van der Waals surface area contributed by atoms with Gasteiger partial charge in [-0.3, -0.25) is 9.78 Å². The van der Waals surface area contributed by atoms with Gasteiger partial charge in [-0.15, -0.1) is 0 Å². The summed E-state index contributed by atoms with van der Waals surface area (Å²) in [6.45, 7) is 3.96. The lowest BCUT2D eigenvalue weighted by molar-refractivity contribution is -0.119. The van der Waals surface area contributed by atoms with Crippen LogP contribution in [0, 0.1) is 13.8 Å². The molecule has 2 N–H and O–H groups in total. The molecule has 9 heteroatoms. The third-order valence-corrected chi connectivity index (χ3v) is 7.38. The number of methoxy groups -OCH3 is 1. The monoisotopic (exact) mass is 545 g/mol. The van der Waals surface area contributed by atoms with Gasteiger partial charge < -0.3 is 24.8 Å². The normalized spacial score (nSPS) is 16.9. The third-order valence-electron chi connectivity index (χ3n) is 6.64. The minimum Gasteiger partial charge on any atom is -0.375 e. The molecule has 0 radical (unpaired) electrons. The van der Waals surface area contributed by atoms with Gasteiger partial charge >= 0.3 is 0 Å². The molecule has 2 aromatic carbocycles. The van der Waals surface area contributed by atoms with Crippen molar-refractivity contribution in [2.45, 2.75) is 25.9 Å². The fraction of sp³-hybridized carbons (Fsp3) is 0.207. The lowest BCUT2D eigenvalue weighted by Crippen LogP contribution is -2.30. The number of hydrogen-bond acceptors (Lipinski definition) is 4. The standard InChI is InChI=1S/C29H28ClN5O2S/c1-18-15-20(9-11-22(18)30)34-14-6-8-25(34)28-27(24-7-4-5-13-31-24)33-29(38)35(28)21-10-12-23(19(2)16-21)32-26(36)17-37-3/h4-16,27-28H,17H2,1-3H3,(H,32,36)(H,33,38)/t27-,28+/m1/s1. The molecule has 2 atom stereocenters. The molecule has 0 unspecified atom stereocenters. The maximum absolute atomic E-state index is 12.1. The molecule has 194 valence electrons. The number of rotatable bonds is 7. The lowest BCUT2D eigenvalue weighted by atomic mass is 10.00. The highest BCUT2D eigenvalue weighted by molar-refractivity contribution is 7.80. The van der Waals surface area contributed by atoms with Crippen LogP contribution in [0.4, 0.5) is 11.4 Å². The van der Waals surface area contributed by atoms with E-state index in [4.69, 9.17) is 28.6 Å². The maximum atomic E-state index is 12.1. The predicted molar refractivity (Wildman–Crippen MR) is 155 cm³/mol. The highest BCUT2D eigenvalue weighted by Crippen LogP contribution is 2.43. The predicted octanol–water partition coefficient (Wildman–Crippen LogP) is 5.90. The molecule has 38 heavy (non-hydrogen) atoms. The topological polar surface area (TPSA) is 71.4 Å². The molecule has 0 spiro atoms. The minimum absolute atomic E-state index is 0.00366. The number of carbonyl (C=O) groups is 1. The number of ether oxygens (including phenoxy) is 1. The summed E-state index contributed by atoms with van der Waals surface area (Å²) >= 11 is 12.2. The van der Waals surface area contributed by atoms with E-state index in [-0.39, 0.29) is 24.6 Å². The Morgan fingerprint density at radius 3 is 2.58 bits per heavy atom. The van der Waals surface area contributed by atoms with Crippen LogP contribution >= 0.6 is 23.8 Å². The van der Waals surface area contributed by atoms with Crippen LogP contribution in [0.25, 0.3) is 5.69 Å². The number of nitrogens with zero attached hydrogens (tertiary/aromatic N) is 3. The number of benzene rings is 2. The third kappa shape index (κ3) is 5.03. The number of carbonyl (C=O) groups excluding carboxylic acids is 1. The quantitative estimate of drug-likeness (QED) is 0.282. The zero-order valence-corrected chi connectivity index (χ0v) is 22.9. The van der Waals surface area contributed by atoms with Crippen molar-refractivity contribution in [2.24, 2.45) is 0 Å². The van der Waals surface area contributed by atoms with E-state index in [9.17, 15) is 4.79 Å². The van der Waals surface area contributed by atoms with Gasteiger partial charge in [0.15, 0.2) is 5.11 Å². The molecular weight excluding hydrogens is 518 g/mol. The van der Waals surface area contributed by atoms with E-state index in [1.54, 1.807) is 6.20 Å². The van der Waals surface area contributed by atoms with Gasteiger partial charge in [0.05, 0.1) is 11.7 Å². The zero-order chi connectivity index (χ0) is 26.8. The van der Waals surface area contributed by atoms with Crippen molar-refractivity contribution in [1.29, 1.82) is 0 Å². The number of hydrogen-bond donors (Lipinski definition) is 2. The Morgan fingerprint density at radius 2 is 1.87 bits per heavy atom. The summed E-state index contributed by atoms with van der Waals surface area (Å²) in [5, 5.41) is 7.74. The summed E-state index contributed by atoms with van der Waals surface area (Å²) in [5.41, 5.74) is 6.51. The highest BCUT2D eigenvalue weighted by atomic mass is 35.5. The van der Waals surface area contributed by atoms with Gasteiger partial charge in [-0.1, -0.05) is 17.7 Å². The van der Waals surface area contributed by atoms with Gasteiger partial charge in [0, 0.05) is 47.3 Å². The van der Waals surface area contributed by atoms with Crippen LogP contribution in [-0.2, 0) is 9.53 Å². The molecule has 1 aliphatic rings. The Bertz CT molecular complexity index is 1490. The molecule has 2 aromatic heterocycles. The van der Waals surface area contributed by atoms with E-state index >= 15 is 0 Å². The van der Waals surface area contributed by atoms with Gasteiger partial charge in [0.25, 0.3) is 0 Å². The van der Waals surface area contributed by atoms with Gasteiger partial charge in [0.2, 0.25) is 5.91 Å². The summed E-state index contributed by atoms with van der Waals surface area (Å²) in [5.74, 6) is -0.203. The molecule has 0 saturated carbocycles. The number of aromatic nitrogens is 2. The van der Waals surface area contributed by atoms with Crippen molar-refractivity contribution in [3.05, 3.63) is 107 Å². The number of aryl methyl sites for hydroxylation is 2. The number of thiocarbonyl (C=S) groups is 1. The van der Waals surface area contributed by atoms with Crippen LogP contribution in [-0.4, -0.2) is 34.3 Å². The van der Waals surface area contributed by atoms with Gasteiger partial charge in [-0.2, -0.15) is 0 Å². The molecule has 5 rings (SSSR count). The highest BCUT2D eigenvalue weighted by Gasteiger charge is 2.42. The first-order valence-corrected chi connectivity index (χ1v) is 13.0. The number of nitrogens with one attached hydrogen (secondary N) is 2. The Hall–Kier alpha value is -3.72.